The van der Waals surface area contributed by atoms with Crippen LogP contribution >= 0.6 is 0 Å². The number of carbonyl (C=O) groups is 6. The third kappa shape index (κ3) is 79.5. The van der Waals surface area contributed by atoms with Crippen molar-refractivity contribution < 1.29 is 28.8 Å². The van der Waals surface area contributed by atoms with Crippen molar-refractivity contribution in [1.29, 1.82) is 0 Å². The molecule has 6 nitrogen and oxygen atoms in total. The first-order valence-corrected chi connectivity index (χ1v) is 19.2. The SMILES string of the molecule is CC(C)=O.CC(C)=O.CC(C)=O.CC(C)=O.CC(C)=O.CCCCCCCC(=O)C(CCCCCC)(CCCCCC)CCCCCC. The molecule has 0 fully saturated rings. The molecular formula is C42H84O6. The van der Waals surface area contributed by atoms with E-state index in [4.69, 9.17) is 0 Å². The minimum Gasteiger partial charge on any atom is -0.300 e. The Bertz CT molecular complexity index is 632. The van der Waals surface area contributed by atoms with Crippen LogP contribution in [0.2, 0.25) is 0 Å². The molecule has 0 aliphatic rings. The smallest absolute Gasteiger partial charge is 0.139 e. The normalized spacial score (nSPS) is 9.62. The largest absolute Gasteiger partial charge is 0.300 e. The van der Waals surface area contributed by atoms with Crippen LogP contribution in [0.4, 0.5) is 0 Å². The summed E-state index contributed by atoms with van der Waals surface area (Å²) in [7, 11) is 0. The van der Waals surface area contributed by atoms with E-state index in [1.165, 1.54) is 191 Å². The van der Waals surface area contributed by atoms with Crippen molar-refractivity contribution in [2.45, 2.75) is 232 Å². The summed E-state index contributed by atoms with van der Waals surface area (Å²) >= 11 is 0. The molecule has 0 atom stereocenters. The Labute approximate surface area is 300 Å². The van der Waals surface area contributed by atoms with E-state index in [-0.39, 0.29) is 34.3 Å². The molecule has 6 heteroatoms. The Hall–Kier alpha value is -1.98. The van der Waals surface area contributed by atoms with Gasteiger partial charge in [-0.15, -0.1) is 0 Å². The molecular weight excluding hydrogens is 600 g/mol. The van der Waals surface area contributed by atoms with Crippen molar-refractivity contribution >= 4 is 34.7 Å². The van der Waals surface area contributed by atoms with Crippen LogP contribution in [0.5, 0.6) is 0 Å². The fourth-order valence-electron chi connectivity index (χ4n) is 4.62. The molecule has 0 aromatic rings. The average molecular weight is 685 g/mol. The first-order valence-electron chi connectivity index (χ1n) is 19.2. The van der Waals surface area contributed by atoms with Crippen LogP contribution in [0, 0.1) is 5.41 Å². The molecule has 0 aliphatic heterocycles. The molecule has 48 heavy (non-hydrogen) atoms. The van der Waals surface area contributed by atoms with Gasteiger partial charge in [0, 0.05) is 11.8 Å². The first-order chi connectivity index (χ1) is 22.3. The summed E-state index contributed by atoms with van der Waals surface area (Å²) in [5.74, 6) is 1.47. The second-order valence-corrected chi connectivity index (χ2v) is 13.8. The fourth-order valence-corrected chi connectivity index (χ4v) is 4.62. The maximum atomic E-state index is 13.5. The summed E-state index contributed by atoms with van der Waals surface area (Å²) in [6.45, 7) is 24.4. The molecule has 0 bridgehead atoms. The van der Waals surface area contributed by atoms with Gasteiger partial charge in [0.1, 0.15) is 34.7 Å². The van der Waals surface area contributed by atoms with Crippen molar-refractivity contribution in [1.82, 2.24) is 0 Å². The molecule has 288 valence electrons. The van der Waals surface area contributed by atoms with E-state index >= 15 is 0 Å². The highest BCUT2D eigenvalue weighted by Crippen LogP contribution is 2.40. The maximum Gasteiger partial charge on any atom is 0.139 e. The second-order valence-electron chi connectivity index (χ2n) is 13.8. The van der Waals surface area contributed by atoms with Gasteiger partial charge < -0.3 is 24.0 Å². The van der Waals surface area contributed by atoms with Crippen LogP contribution in [-0.2, 0) is 28.8 Å². The van der Waals surface area contributed by atoms with Gasteiger partial charge in [0.05, 0.1) is 0 Å². The minimum atomic E-state index is 0.0139. The zero-order chi connectivity index (χ0) is 38.8. The van der Waals surface area contributed by atoms with Gasteiger partial charge in [-0.05, 0) is 94.9 Å². The summed E-state index contributed by atoms with van der Waals surface area (Å²) in [5, 5.41) is 0. The van der Waals surface area contributed by atoms with Gasteiger partial charge in [-0.3, -0.25) is 4.79 Å². The van der Waals surface area contributed by atoms with E-state index in [0.29, 0.717) is 5.78 Å². The first kappa shape index (κ1) is 58.2. The number of hydrogen-bond acceptors (Lipinski definition) is 6. The van der Waals surface area contributed by atoms with Gasteiger partial charge in [0.2, 0.25) is 0 Å². The topological polar surface area (TPSA) is 102 Å². The van der Waals surface area contributed by atoms with Crippen molar-refractivity contribution in [3.63, 3.8) is 0 Å². The lowest BCUT2D eigenvalue weighted by atomic mass is 9.69. The molecule has 0 rings (SSSR count). The van der Waals surface area contributed by atoms with Gasteiger partial charge in [-0.2, -0.15) is 0 Å². The molecule has 0 unspecified atom stereocenters. The maximum absolute atomic E-state index is 13.5. The Morgan fingerprint density at radius 2 is 0.500 bits per heavy atom. The van der Waals surface area contributed by atoms with E-state index in [9.17, 15) is 28.8 Å². The van der Waals surface area contributed by atoms with Gasteiger partial charge in [-0.25, -0.2) is 0 Å². The van der Waals surface area contributed by atoms with Gasteiger partial charge in [-0.1, -0.05) is 130 Å². The highest BCUT2D eigenvalue weighted by Gasteiger charge is 2.35. The van der Waals surface area contributed by atoms with E-state index < -0.39 is 0 Å². The Morgan fingerprint density at radius 1 is 0.312 bits per heavy atom. The predicted octanol–water partition coefficient (Wildman–Crippen LogP) is 12.8. The monoisotopic (exact) mass is 685 g/mol. The predicted molar refractivity (Wildman–Crippen MR) is 209 cm³/mol. The van der Waals surface area contributed by atoms with Gasteiger partial charge >= 0.3 is 0 Å². The number of ketones is 6. The van der Waals surface area contributed by atoms with Crippen LogP contribution in [0.1, 0.15) is 232 Å². The molecule has 0 aliphatic carbocycles. The molecule has 0 aromatic heterocycles. The Kier molecular flexibility index (Phi) is 57.2. The van der Waals surface area contributed by atoms with E-state index in [1.807, 2.05) is 0 Å². The highest BCUT2D eigenvalue weighted by molar-refractivity contribution is 5.84. The zero-order valence-electron chi connectivity index (χ0n) is 34.8. The van der Waals surface area contributed by atoms with Gasteiger partial charge in [0.25, 0.3) is 0 Å². The summed E-state index contributed by atoms with van der Waals surface area (Å²) < 4.78 is 0. The van der Waals surface area contributed by atoms with Crippen LogP contribution in [-0.4, -0.2) is 34.7 Å². The summed E-state index contributed by atoms with van der Waals surface area (Å²) in [6, 6.07) is 0. The highest BCUT2D eigenvalue weighted by atomic mass is 16.1. The lowest BCUT2D eigenvalue weighted by Crippen LogP contribution is -2.31. The molecule has 0 spiro atoms. The third-order valence-corrected chi connectivity index (χ3v) is 6.63. The van der Waals surface area contributed by atoms with Crippen molar-refractivity contribution in [2.75, 3.05) is 0 Å². The fraction of sp³-hybridized carbons (Fsp3) is 0.857. The van der Waals surface area contributed by atoms with E-state index in [1.54, 1.807) is 0 Å². The molecule has 0 heterocycles. The van der Waals surface area contributed by atoms with Crippen LogP contribution < -0.4 is 0 Å². The number of carbonyl (C=O) groups excluding carboxylic acids is 6. The van der Waals surface area contributed by atoms with E-state index in [0.717, 1.165) is 12.8 Å². The molecule has 0 saturated heterocycles. The van der Waals surface area contributed by atoms with Crippen LogP contribution in [0.25, 0.3) is 0 Å². The Balaban J connectivity index is -0.000000178. The van der Waals surface area contributed by atoms with Crippen molar-refractivity contribution in [3.8, 4) is 0 Å². The van der Waals surface area contributed by atoms with E-state index in [2.05, 4.69) is 27.7 Å². The van der Waals surface area contributed by atoms with Crippen molar-refractivity contribution in [2.24, 2.45) is 5.41 Å². The molecule has 0 aromatic carbocycles. The van der Waals surface area contributed by atoms with Crippen molar-refractivity contribution in [3.05, 3.63) is 0 Å². The Morgan fingerprint density at radius 3 is 0.708 bits per heavy atom. The molecule has 0 radical (unpaired) electrons. The number of unbranched alkanes of at least 4 members (excludes halogenated alkanes) is 13. The standard InChI is InChI=1S/C27H54O.5C3H6O/c1-5-9-13-17-18-22-26(28)27(23-19-14-10-6-2,24-20-15-11-7-3)25-21-16-12-8-4;5*1-3(2)4/h5-25H2,1-4H3;5*1-2H3. The minimum absolute atomic E-state index is 0.0139. The lowest BCUT2D eigenvalue weighted by molar-refractivity contribution is -0.130. The summed E-state index contributed by atoms with van der Waals surface area (Å²) in [4.78, 5) is 60.7. The zero-order valence-corrected chi connectivity index (χ0v) is 34.8. The number of Topliss-reactive ketones (excluding diaryl/α,β-unsaturated/α-hetero) is 6. The third-order valence-electron chi connectivity index (χ3n) is 6.63. The van der Waals surface area contributed by atoms with Crippen LogP contribution in [0.3, 0.4) is 0 Å². The molecule has 0 N–H and O–H groups in total. The number of hydrogen-bond donors (Lipinski definition) is 0. The van der Waals surface area contributed by atoms with Crippen LogP contribution in [0.15, 0.2) is 0 Å². The lowest BCUT2D eigenvalue weighted by Gasteiger charge is -2.33. The molecule has 0 saturated carbocycles. The molecule has 0 amide bonds. The second kappa shape index (κ2) is 47.1. The number of rotatable bonds is 22. The average Bonchev–Trinajstić information content (AvgIpc) is 2.93. The van der Waals surface area contributed by atoms with Gasteiger partial charge in [0.15, 0.2) is 0 Å². The summed E-state index contributed by atoms with van der Waals surface area (Å²) in [5.41, 5.74) is 0.0139. The summed E-state index contributed by atoms with van der Waals surface area (Å²) in [6.07, 6.45) is 26.2. The quantitative estimate of drug-likeness (QED) is 0.105.